The van der Waals surface area contributed by atoms with Crippen molar-refractivity contribution in [2.45, 2.75) is 77.0 Å². The average molecular weight is 422 g/mol. The Balaban J connectivity index is 1.26. The third kappa shape index (κ3) is 6.33. The lowest BCUT2D eigenvalue weighted by molar-refractivity contribution is -0.136. The second kappa shape index (κ2) is 10.8. The molecule has 166 valence electrons. The second-order valence-corrected chi connectivity index (χ2v) is 9.22. The number of aliphatic carboxylic acids is 1. The summed E-state index contributed by atoms with van der Waals surface area (Å²) in [6.45, 7) is 2.86. The molecule has 2 aromatic carbocycles. The van der Waals surface area contributed by atoms with Gasteiger partial charge in [-0.25, -0.2) is 0 Å². The molecule has 2 aromatic rings. The number of likely N-dealkylation sites (tertiary alicyclic amines) is 1. The van der Waals surface area contributed by atoms with Crippen molar-refractivity contribution in [3.63, 3.8) is 0 Å². The van der Waals surface area contributed by atoms with Crippen molar-refractivity contribution >= 4 is 5.97 Å². The van der Waals surface area contributed by atoms with Gasteiger partial charge in [-0.05, 0) is 73.4 Å². The maximum Gasteiger partial charge on any atom is 0.303 e. The normalized spacial score (nSPS) is 20.1. The van der Waals surface area contributed by atoms with Crippen molar-refractivity contribution < 1.29 is 14.6 Å². The van der Waals surface area contributed by atoms with Crippen molar-refractivity contribution in [3.05, 3.63) is 65.2 Å². The van der Waals surface area contributed by atoms with Gasteiger partial charge in [0, 0.05) is 19.0 Å². The maximum absolute atomic E-state index is 10.7. The van der Waals surface area contributed by atoms with Crippen LogP contribution in [-0.2, 0) is 24.4 Å². The minimum atomic E-state index is -0.766. The molecular formula is C27H35NO3. The Bertz CT molecular complexity index is 825. The highest BCUT2D eigenvalue weighted by Crippen LogP contribution is 2.35. The topological polar surface area (TPSA) is 49.8 Å². The van der Waals surface area contributed by atoms with Crippen LogP contribution in [0.2, 0.25) is 0 Å². The number of carboxylic acid groups (broad SMARTS) is 1. The van der Waals surface area contributed by atoms with E-state index in [0.29, 0.717) is 13.0 Å². The highest BCUT2D eigenvalue weighted by atomic mass is 16.5. The summed E-state index contributed by atoms with van der Waals surface area (Å²) < 4.78 is 5.92. The summed E-state index contributed by atoms with van der Waals surface area (Å²) in [4.78, 5) is 13.4. The van der Waals surface area contributed by atoms with Gasteiger partial charge in [-0.2, -0.15) is 0 Å². The Hall–Kier alpha value is -2.33. The molecule has 1 atom stereocenters. The van der Waals surface area contributed by atoms with Crippen molar-refractivity contribution in [3.8, 4) is 5.75 Å². The van der Waals surface area contributed by atoms with Gasteiger partial charge < -0.3 is 9.84 Å². The van der Waals surface area contributed by atoms with Crippen molar-refractivity contribution in [2.24, 2.45) is 5.92 Å². The van der Waals surface area contributed by atoms with Gasteiger partial charge in [-0.3, -0.25) is 9.69 Å². The number of benzene rings is 2. The largest absolute Gasteiger partial charge is 0.489 e. The molecule has 4 nitrogen and oxygen atoms in total. The smallest absolute Gasteiger partial charge is 0.303 e. The van der Waals surface area contributed by atoms with Gasteiger partial charge in [0.05, 0.1) is 0 Å². The zero-order chi connectivity index (χ0) is 21.5. The van der Waals surface area contributed by atoms with Crippen LogP contribution in [0.1, 0.15) is 68.1 Å². The second-order valence-electron chi connectivity index (χ2n) is 9.22. The number of carboxylic acids is 1. The number of hydrogen-bond acceptors (Lipinski definition) is 3. The molecule has 1 N–H and O–H groups in total. The Morgan fingerprint density at radius 3 is 2.26 bits per heavy atom. The fourth-order valence-corrected chi connectivity index (χ4v) is 5.25. The average Bonchev–Trinajstić information content (AvgIpc) is 3.26. The van der Waals surface area contributed by atoms with E-state index >= 15 is 0 Å². The molecule has 31 heavy (non-hydrogen) atoms. The van der Waals surface area contributed by atoms with E-state index in [-0.39, 0.29) is 6.42 Å². The predicted octanol–water partition coefficient (Wildman–Crippen LogP) is 5.83. The molecule has 1 saturated carbocycles. The molecule has 4 heteroatoms. The van der Waals surface area contributed by atoms with Crippen molar-refractivity contribution in [1.82, 2.24) is 4.90 Å². The number of nitrogens with zero attached hydrogens (tertiary/aromatic N) is 1. The molecule has 1 aliphatic heterocycles. The summed E-state index contributed by atoms with van der Waals surface area (Å²) in [5, 5.41) is 8.78. The standard InChI is InChI=1S/C27H35NO3/c29-27(30)17-14-21-12-15-25(16-13-21)31-20-23-10-8-22(9-11-23)19-28-18-4-7-26(28)24-5-2-1-3-6-24/h8-13,15-16,24,26H,1-7,14,17-20H2,(H,29,30). The molecule has 1 unspecified atom stereocenters. The molecular weight excluding hydrogens is 386 g/mol. The number of ether oxygens (including phenoxy) is 1. The molecule has 0 bridgehead atoms. The van der Waals surface area contributed by atoms with Gasteiger partial charge >= 0.3 is 5.97 Å². The SMILES string of the molecule is O=C(O)CCc1ccc(OCc2ccc(CN3CCCC3C3CCCCC3)cc2)cc1. The molecule has 2 fully saturated rings. The first-order valence-corrected chi connectivity index (χ1v) is 11.9. The molecule has 1 saturated heterocycles. The zero-order valence-corrected chi connectivity index (χ0v) is 18.5. The maximum atomic E-state index is 10.7. The third-order valence-electron chi connectivity index (χ3n) is 6.97. The number of aryl methyl sites for hydroxylation is 1. The van der Waals surface area contributed by atoms with Crippen LogP contribution in [-0.4, -0.2) is 28.6 Å². The van der Waals surface area contributed by atoms with E-state index in [1.165, 1.54) is 62.6 Å². The first-order valence-electron chi connectivity index (χ1n) is 11.9. The molecule has 2 aliphatic rings. The summed E-state index contributed by atoms with van der Waals surface area (Å²) in [7, 11) is 0. The summed E-state index contributed by atoms with van der Waals surface area (Å²) in [5.74, 6) is 0.966. The van der Waals surface area contributed by atoms with Crippen LogP contribution in [0.4, 0.5) is 0 Å². The van der Waals surface area contributed by atoms with E-state index in [9.17, 15) is 4.79 Å². The van der Waals surface area contributed by atoms with Crippen LogP contribution in [0.15, 0.2) is 48.5 Å². The first kappa shape index (κ1) is 21.9. The molecule has 1 aliphatic carbocycles. The van der Waals surface area contributed by atoms with E-state index in [1.807, 2.05) is 24.3 Å². The summed E-state index contributed by atoms with van der Waals surface area (Å²) >= 11 is 0. The van der Waals surface area contributed by atoms with Crippen LogP contribution in [0.3, 0.4) is 0 Å². The summed E-state index contributed by atoms with van der Waals surface area (Å²) in [6.07, 6.45) is 10.6. The quantitative estimate of drug-likeness (QED) is 0.554. The van der Waals surface area contributed by atoms with Gasteiger partial charge in [-0.1, -0.05) is 55.7 Å². The molecule has 0 amide bonds. The van der Waals surface area contributed by atoms with Crippen molar-refractivity contribution in [1.29, 1.82) is 0 Å². The van der Waals surface area contributed by atoms with Crippen LogP contribution in [0.25, 0.3) is 0 Å². The molecule has 4 rings (SSSR count). The van der Waals surface area contributed by atoms with Gasteiger partial charge in [0.2, 0.25) is 0 Å². The summed E-state index contributed by atoms with van der Waals surface area (Å²) in [6, 6.07) is 17.4. The molecule has 0 spiro atoms. The lowest BCUT2D eigenvalue weighted by atomic mass is 9.83. The predicted molar refractivity (Wildman–Crippen MR) is 123 cm³/mol. The van der Waals surface area contributed by atoms with Crippen LogP contribution < -0.4 is 4.74 Å². The third-order valence-corrected chi connectivity index (χ3v) is 6.97. The van der Waals surface area contributed by atoms with E-state index in [4.69, 9.17) is 9.84 Å². The van der Waals surface area contributed by atoms with Crippen LogP contribution in [0, 0.1) is 5.92 Å². The lowest BCUT2D eigenvalue weighted by Crippen LogP contribution is -2.36. The first-order chi connectivity index (χ1) is 15.2. The minimum Gasteiger partial charge on any atom is -0.489 e. The highest BCUT2D eigenvalue weighted by Gasteiger charge is 2.32. The van der Waals surface area contributed by atoms with E-state index in [2.05, 4.69) is 29.2 Å². The van der Waals surface area contributed by atoms with Crippen molar-refractivity contribution in [2.75, 3.05) is 6.54 Å². The Morgan fingerprint density at radius 1 is 0.871 bits per heavy atom. The van der Waals surface area contributed by atoms with E-state index in [1.54, 1.807) is 0 Å². The number of rotatable bonds is 9. The van der Waals surface area contributed by atoms with E-state index < -0.39 is 5.97 Å². The Labute approximate surface area is 186 Å². The van der Waals surface area contributed by atoms with Crippen LogP contribution in [0.5, 0.6) is 5.75 Å². The molecule has 0 aromatic heterocycles. The highest BCUT2D eigenvalue weighted by molar-refractivity contribution is 5.67. The van der Waals surface area contributed by atoms with Gasteiger partial charge in [0.15, 0.2) is 0 Å². The number of carbonyl (C=O) groups is 1. The fourth-order valence-electron chi connectivity index (χ4n) is 5.25. The zero-order valence-electron chi connectivity index (χ0n) is 18.5. The summed E-state index contributed by atoms with van der Waals surface area (Å²) in [5.41, 5.74) is 3.59. The lowest BCUT2D eigenvalue weighted by Gasteiger charge is -2.34. The molecule has 0 radical (unpaired) electrons. The van der Waals surface area contributed by atoms with Gasteiger partial charge in [-0.15, -0.1) is 0 Å². The Kier molecular flexibility index (Phi) is 7.63. The van der Waals surface area contributed by atoms with Crippen LogP contribution >= 0.6 is 0 Å². The Morgan fingerprint density at radius 2 is 1.55 bits per heavy atom. The fraction of sp³-hybridized carbons (Fsp3) is 0.519. The van der Waals surface area contributed by atoms with Gasteiger partial charge in [0.25, 0.3) is 0 Å². The monoisotopic (exact) mass is 421 g/mol. The van der Waals surface area contributed by atoms with E-state index in [0.717, 1.165) is 29.8 Å². The van der Waals surface area contributed by atoms with Gasteiger partial charge in [0.1, 0.15) is 12.4 Å². The number of hydrogen-bond donors (Lipinski definition) is 1. The minimum absolute atomic E-state index is 0.158. The molecule has 1 heterocycles.